The molecule has 0 unspecified atom stereocenters. The van der Waals surface area contributed by atoms with Crippen LogP contribution in [0.1, 0.15) is 22.1 Å². The van der Waals surface area contributed by atoms with Gasteiger partial charge in [0, 0.05) is 29.6 Å². The third kappa shape index (κ3) is 2.99. The standard InChI is InChI=1S/C19H13ClN4O4/c20-11-5-8-17(21-10-11)23-18(14-9-12(24(27)28)6-7-16(14)25)22-15-4-2-1-3-13(15)19(23)26/h1-10,18,22,25H/t18-/m0/s1. The van der Waals surface area contributed by atoms with Crippen molar-refractivity contribution in [3.8, 4) is 5.75 Å². The lowest BCUT2D eigenvalue weighted by Gasteiger charge is -2.37. The molecule has 2 heterocycles. The van der Waals surface area contributed by atoms with Crippen molar-refractivity contribution >= 4 is 34.7 Å². The van der Waals surface area contributed by atoms with E-state index in [2.05, 4.69) is 10.3 Å². The number of halogens is 1. The minimum absolute atomic E-state index is 0.175. The van der Waals surface area contributed by atoms with Gasteiger partial charge in [-0.15, -0.1) is 0 Å². The fourth-order valence-corrected chi connectivity index (χ4v) is 3.20. The summed E-state index contributed by atoms with van der Waals surface area (Å²) in [5, 5.41) is 25.1. The van der Waals surface area contributed by atoms with Gasteiger partial charge in [0.25, 0.3) is 11.6 Å². The predicted molar refractivity (Wildman–Crippen MR) is 104 cm³/mol. The van der Waals surface area contributed by atoms with Crippen LogP contribution in [0.15, 0.2) is 60.8 Å². The number of anilines is 2. The molecule has 140 valence electrons. The lowest BCUT2D eigenvalue weighted by atomic mass is 10.0. The van der Waals surface area contributed by atoms with E-state index in [9.17, 15) is 20.0 Å². The number of nitrogens with zero attached hydrogens (tertiary/aromatic N) is 3. The molecule has 0 radical (unpaired) electrons. The molecule has 0 fully saturated rings. The van der Waals surface area contributed by atoms with E-state index in [1.807, 2.05) is 0 Å². The summed E-state index contributed by atoms with van der Waals surface area (Å²) >= 11 is 5.91. The van der Waals surface area contributed by atoms with Crippen LogP contribution >= 0.6 is 11.6 Å². The third-order valence-corrected chi connectivity index (χ3v) is 4.63. The molecular formula is C19H13ClN4O4. The number of carbonyl (C=O) groups excluding carboxylic acids is 1. The zero-order chi connectivity index (χ0) is 19.8. The van der Waals surface area contributed by atoms with Crippen LogP contribution in [-0.4, -0.2) is 20.9 Å². The number of nitro benzene ring substituents is 1. The molecule has 2 N–H and O–H groups in total. The maximum Gasteiger partial charge on any atom is 0.270 e. The molecule has 3 aromatic rings. The summed E-state index contributed by atoms with van der Waals surface area (Å²) in [5.41, 5.74) is 0.938. The Balaban J connectivity index is 1.90. The SMILES string of the molecule is O=C1c2ccccc2N[C@H](c2cc([N+](=O)[O-])ccc2O)N1c1ccc(Cl)cn1. The number of phenols is 1. The molecule has 0 aliphatic carbocycles. The number of hydrogen-bond acceptors (Lipinski definition) is 6. The van der Waals surface area contributed by atoms with E-state index in [4.69, 9.17) is 11.6 Å². The highest BCUT2D eigenvalue weighted by Crippen LogP contribution is 2.39. The smallest absolute Gasteiger partial charge is 0.270 e. The van der Waals surface area contributed by atoms with Gasteiger partial charge in [0.1, 0.15) is 17.7 Å². The summed E-state index contributed by atoms with van der Waals surface area (Å²) in [4.78, 5) is 29.4. The fraction of sp³-hybridized carbons (Fsp3) is 0.0526. The van der Waals surface area contributed by atoms with Gasteiger partial charge in [0.2, 0.25) is 0 Å². The molecule has 1 amide bonds. The minimum atomic E-state index is -0.907. The number of hydrogen-bond donors (Lipinski definition) is 2. The van der Waals surface area contributed by atoms with Gasteiger partial charge in [-0.25, -0.2) is 4.98 Å². The van der Waals surface area contributed by atoms with Crippen LogP contribution in [0.5, 0.6) is 5.75 Å². The van der Waals surface area contributed by atoms with Crippen molar-refractivity contribution in [2.24, 2.45) is 0 Å². The predicted octanol–water partition coefficient (Wildman–Crippen LogP) is 4.12. The molecule has 0 bridgehead atoms. The van der Waals surface area contributed by atoms with Gasteiger partial charge >= 0.3 is 0 Å². The number of non-ortho nitro benzene ring substituents is 1. The highest BCUT2D eigenvalue weighted by atomic mass is 35.5. The molecule has 0 saturated carbocycles. The molecule has 1 atom stereocenters. The molecule has 1 aromatic heterocycles. The molecule has 4 rings (SSSR count). The van der Waals surface area contributed by atoms with E-state index in [0.29, 0.717) is 16.3 Å². The van der Waals surface area contributed by atoms with E-state index in [0.717, 1.165) is 0 Å². The van der Waals surface area contributed by atoms with Crippen LogP contribution in [0.2, 0.25) is 5.02 Å². The zero-order valence-electron chi connectivity index (χ0n) is 14.2. The van der Waals surface area contributed by atoms with Crippen LogP contribution in [-0.2, 0) is 0 Å². The summed E-state index contributed by atoms with van der Waals surface area (Å²) in [6, 6.07) is 13.7. The number of nitro groups is 1. The number of pyridine rings is 1. The summed E-state index contributed by atoms with van der Waals surface area (Å²) in [5.74, 6) is -0.262. The molecule has 9 heteroatoms. The van der Waals surface area contributed by atoms with Crippen molar-refractivity contribution < 1.29 is 14.8 Å². The van der Waals surface area contributed by atoms with Gasteiger partial charge in [-0.05, 0) is 30.3 Å². The van der Waals surface area contributed by atoms with Crippen molar-refractivity contribution in [2.75, 3.05) is 10.2 Å². The number of rotatable bonds is 3. The largest absolute Gasteiger partial charge is 0.508 e. The number of amides is 1. The molecule has 1 aliphatic rings. The van der Waals surface area contributed by atoms with Crippen LogP contribution in [0, 0.1) is 10.1 Å². The molecular weight excluding hydrogens is 384 g/mol. The highest BCUT2D eigenvalue weighted by Gasteiger charge is 2.36. The maximum atomic E-state index is 13.2. The van der Waals surface area contributed by atoms with E-state index < -0.39 is 11.1 Å². The van der Waals surface area contributed by atoms with Crippen molar-refractivity contribution in [1.29, 1.82) is 0 Å². The second-order valence-corrected chi connectivity index (χ2v) is 6.54. The Hall–Kier alpha value is -3.65. The van der Waals surface area contributed by atoms with E-state index in [1.54, 1.807) is 36.4 Å². The Morgan fingerprint density at radius 1 is 1.18 bits per heavy atom. The first-order valence-electron chi connectivity index (χ1n) is 8.23. The number of carbonyl (C=O) groups is 1. The first-order valence-corrected chi connectivity index (χ1v) is 8.61. The van der Waals surface area contributed by atoms with Crippen LogP contribution < -0.4 is 10.2 Å². The number of aromatic hydroxyl groups is 1. The van der Waals surface area contributed by atoms with Gasteiger partial charge in [-0.2, -0.15) is 0 Å². The van der Waals surface area contributed by atoms with E-state index in [1.165, 1.54) is 29.3 Å². The van der Waals surface area contributed by atoms with Gasteiger partial charge in [0.15, 0.2) is 0 Å². The summed E-state index contributed by atoms with van der Waals surface area (Å²) in [6.07, 6.45) is 0.491. The molecule has 0 saturated heterocycles. The third-order valence-electron chi connectivity index (χ3n) is 4.40. The number of nitrogens with one attached hydrogen (secondary N) is 1. The first-order chi connectivity index (χ1) is 13.5. The van der Waals surface area contributed by atoms with Crippen molar-refractivity contribution in [2.45, 2.75) is 6.17 Å². The van der Waals surface area contributed by atoms with Crippen molar-refractivity contribution in [1.82, 2.24) is 4.98 Å². The number of para-hydroxylation sites is 1. The van der Waals surface area contributed by atoms with Crippen LogP contribution in [0.25, 0.3) is 0 Å². The normalized spacial score (nSPS) is 15.7. The maximum absolute atomic E-state index is 13.2. The Morgan fingerprint density at radius 3 is 2.68 bits per heavy atom. The molecule has 0 spiro atoms. The highest BCUT2D eigenvalue weighted by molar-refractivity contribution is 6.30. The first kappa shape index (κ1) is 17.7. The van der Waals surface area contributed by atoms with Crippen LogP contribution in [0.3, 0.4) is 0 Å². The minimum Gasteiger partial charge on any atom is -0.508 e. The van der Waals surface area contributed by atoms with Crippen molar-refractivity contribution in [3.05, 3.63) is 87.1 Å². The summed E-state index contributed by atoms with van der Waals surface area (Å²) in [7, 11) is 0. The van der Waals surface area contributed by atoms with E-state index >= 15 is 0 Å². The summed E-state index contributed by atoms with van der Waals surface area (Å²) < 4.78 is 0. The summed E-state index contributed by atoms with van der Waals surface area (Å²) in [6.45, 7) is 0. The second kappa shape index (κ2) is 6.82. The van der Waals surface area contributed by atoms with Gasteiger partial charge < -0.3 is 10.4 Å². The fourth-order valence-electron chi connectivity index (χ4n) is 3.09. The lowest BCUT2D eigenvalue weighted by Crippen LogP contribution is -2.43. The second-order valence-electron chi connectivity index (χ2n) is 6.10. The zero-order valence-corrected chi connectivity index (χ0v) is 15.0. The Bertz CT molecular complexity index is 1090. The lowest BCUT2D eigenvalue weighted by molar-refractivity contribution is -0.385. The Labute approximate surface area is 164 Å². The van der Waals surface area contributed by atoms with Crippen LogP contribution in [0.4, 0.5) is 17.2 Å². The average molecular weight is 397 g/mol. The number of aromatic nitrogens is 1. The van der Waals surface area contributed by atoms with Crippen molar-refractivity contribution in [3.63, 3.8) is 0 Å². The molecule has 8 nitrogen and oxygen atoms in total. The quantitative estimate of drug-likeness (QED) is 0.509. The number of fused-ring (bicyclic) bond motifs is 1. The van der Waals surface area contributed by atoms with Gasteiger partial charge in [-0.1, -0.05) is 23.7 Å². The van der Waals surface area contributed by atoms with Gasteiger partial charge in [-0.3, -0.25) is 19.8 Å². The number of benzene rings is 2. The molecule has 1 aliphatic heterocycles. The van der Waals surface area contributed by atoms with Gasteiger partial charge in [0.05, 0.1) is 15.5 Å². The number of phenolic OH excluding ortho intramolecular Hbond substituents is 1. The monoisotopic (exact) mass is 396 g/mol. The molecule has 2 aromatic carbocycles. The average Bonchev–Trinajstić information content (AvgIpc) is 2.69. The Morgan fingerprint density at radius 2 is 1.96 bits per heavy atom. The van der Waals surface area contributed by atoms with E-state index in [-0.39, 0.29) is 28.7 Å². The molecule has 28 heavy (non-hydrogen) atoms. The topological polar surface area (TPSA) is 109 Å². The Kier molecular flexibility index (Phi) is 4.32.